The van der Waals surface area contributed by atoms with Gasteiger partial charge in [0.1, 0.15) is 0 Å². The van der Waals surface area contributed by atoms with E-state index >= 15 is 0 Å². The van der Waals surface area contributed by atoms with Crippen LogP contribution in [0.3, 0.4) is 0 Å². The van der Waals surface area contributed by atoms with Crippen molar-refractivity contribution in [1.29, 1.82) is 10.5 Å². The summed E-state index contributed by atoms with van der Waals surface area (Å²) in [6.07, 6.45) is 4.55. The molecule has 1 heterocycles. The van der Waals surface area contributed by atoms with Crippen LogP contribution in [0.2, 0.25) is 0 Å². The van der Waals surface area contributed by atoms with Crippen molar-refractivity contribution >= 4 is 11.7 Å². The average Bonchev–Trinajstić information content (AvgIpc) is 3.24. The molecule has 1 aliphatic heterocycles. The van der Waals surface area contributed by atoms with Crippen molar-refractivity contribution in [2.75, 3.05) is 25.1 Å². The van der Waals surface area contributed by atoms with Gasteiger partial charge in [-0.15, -0.1) is 0 Å². The first-order valence-electron chi connectivity index (χ1n) is 9.70. The van der Waals surface area contributed by atoms with E-state index < -0.39 is 0 Å². The van der Waals surface area contributed by atoms with E-state index in [-0.39, 0.29) is 11.9 Å². The van der Waals surface area contributed by atoms with Crippen LogP contribution in [0.1, 0.15) is 46.6 Å². The van der Waals surface area contributed by atoms with Crippen molar-refractivity contribution in [1.82, 2.24) is 0 Å². The molecule has 28 heavy (non-hydrogen) atoms. The number of esters is 1. The lowest BCUT2D eigenvalue weighted by molar-refractivity contribution is -0.144. The lowest BCUT2D eigenvalue weighted by Gasteiger charge is -2.18. The minimum absolute atomic E-state index is 0.0318. The minimum Gasteiger partial charge on any atom is -0.469 e. The van der Waals surface area contributed by atoms with Gasteiger partial charge in [0.15, 0.2) is 0 Å². The Morgan fingerprint density at radius 2 is 1.64 bits per heavy atom. The molecular weight excluding hydrogens is 350 g/mol. The quantitative estimate of drug-likeness (QED) is 0.673. The van der Waals surface area contributed by atoms with Crippen LogP contribution in [-0.2, 0) is 9.53 Å². The Kier molecular flexibility index (Phi) is 12.5. The van der Waals surface area contributed by atoms with Crippen molar-refractivity contribution in [3.63, 3.8) is 0 Å². The Labute approximate surface area is 169 Å². The minimum atomic E-state index is -0.138. The van der Waals surface area contributed by atoms with Crippen LogP contribution in [0, 0.1) is 28.6 Å². The molecule has 5 heteroatoms. The van der Waals surface area contributed by atoms with Gasteiger partial charge < -0.3 is 9.64 Å². The zero-order chi connectivity index (χ0) is 21.5. The monoisotopic (exact) mass is 381 g/mol. The number of rotatable bonds is 2. The summed E-state index contributed by atoms with van der Waals surface area (Å²) in [5, 5.41) is 16.9. The molecule has 0 radical (unpaired) electrons. The van der Waals surface area contributed by atoms with Crippen LogP contribution in [0.5, 0.6) is 0 Å². The van der Waals surface area contributed by atoms with E-state index in [0.29, 0.717) is 12.1 Å². The third kappa shape index (κ3) is 7.68. The lowest BCUT2D eigenvalue weighted by Crippen LogP contribution is -2.23. The number of anilines is 1. The van der Waals surface area contributed by atoms with Crippen LogP contribution in [-0.4, -0.2) is 26.2 Å². The molecule has 0 spiro atoms. The molecule has 150 valence electrons. The standard InChI is InChI=1S/C13H14N2O2.C6H5N.2C2H6/c1-17-13(16)11-6-7-15(9-11)12-4-2-10(8-14)3-5-12;1-5-2-6(3-5)4-7;2*1-2/h2-5,11H,6-7,9H2,1H3;2-3H,1H3;2*1-2H3. The first-order chi connectivity index (χ1) is 13.6. The molecule has 2 aliphatic rings. The number of carbonyl (C=O) groups excluding carboxylic acids is 1. The maximum atomic E-state index is 11.4. The molecule has 1 saturated heterocycles. The third-order valence-electron chi connectivity index (χ3n) is 3.98. The Bertz CT molecular complexity index is 750. The second kappa shape index (κ2) is 14.1. The van der Waals surface area contributed by atoms with Crippen LogP contribution in [0.4, 0.5) is 5.69 Å². The van der Waals surface area contributed by atoms with Gasteiger partial charge in [-0.1, -0.05) is 27.7 Å². The fourth-order valence-electron chi connectivity index (χ4n) is 2.64. The van der Waals surface area contributed by atoms with Gasteiger partial charge in [-0.2, -0.15) is 10.5 Å². The Morgan fingerprint density at radius 3 is 2.04 bits per heavy atom. The van der Waals surface area contributed by atoms with E-state index in [4.69, 9.17) is 15.3 Å². The van der Waals surface area contributed by atoms with Crippen LogP contribution >= 0.6 is 0 Å². The zero-order valence-electron chi connectivity index (χ0n) is 17.8. The maximum absolute atomic E-state index is 11.4. The first kappa shape index (κ1) is 24.9. The number of benzene rings is 1. The molecule has 0 bridgehead atoms. The molecular formula is C23H31N3O2. The number of allylic oxidation sites excluding steroid dienone is 4. The number of nitrogens with zero attached hydrogens (tertiary/aromatic N) is 3. The molecule has 0 saturated carbocycles. The summed E-state index contributed by atoms with van der Waals surface area (Å²) in [5.74, 6) is -0.170. The Hall–Kier alpha value is -3.05. The second-order valence-electron chi connectivity index (χ2n) is 5.71. The number of hydrogen-bond donors (Lipinski definition) is 0. The first-order valence-corrected chi connectivity index (χ1v) is 9.70. The highest BCUT2D eigenvalue weighted by Gasteiger charge is 2.28. The van der Waals surface area contributed by atoms with Crippen molar-refractivity contribution < 1.29 is 9.53 Å². The number of hydrogen-bond acceptors (Lipinski definition) is 5. The van der Waals surface area contributed by atoms with Gasteiger partial charge in [-0.25, -0.2) is 0 Å². The summed E-state index contributed by atoms with van der Waals surface area (Å²) in [4.78, 5) is 13.5. The zero-order valence-corrected chi connectivity index (χ0v) is 17.8. The van der Waals surface area contributed by atoms with E-state index in [2.05, 4.69) is 11.0 Å². The molecule has 1 aliphatic carbocycles. The number of carbonyl (C=O) groups is 1. The van der Waals surface area contributed by atoms with Gasteiger partial charge in [0.05, 0.1) is 36.3 Å². The van der Waals surface area contributed by atoms with Crippen molar-refractivity contribution in [3.8, 4) is 12.1 Å². The smallest absolute Gasteiger partial charge is 0.310 e. The normalized spacial score (nSPS) is 15.9. The number of methoxy groups -OCH3 is 1. The van der Waals surface area contributed by atoms with Crippen LogP contribution in [0.15, 0.2) is 47.6 Å². The van der Waals surface area contributed by atoms with Crippen molar-refractivity contribution in [2.24, 2.45) is 5.92 Å². The predicted octanol–water partition coefficient (Wildman–Crippen LogP) is 5.01. The summed E-state index contributed by atoms with van der Waals surface area (Å²) in [5.41, 5.74) is 3.68. The summed E-state index contributed by atoms with van der Waals surface area (Å²) in [6, 6.07) is 11.5. The van der Waals surface area contributed by atoms with Gasteiger partial charge in [0, 0.05) is 18.8 Å². The average molecular weight is 382 g/mol. The van der Waals surface area contributed by atoms with Gasteiger partial charge >= 0.3 is 5.97 Å². The van der Waals surface area contributed by atoms with Crippen molar-refractivity contribution in [3.05, 3.63) is 53.1 Å². The third-order valence-corrected chi connectivity index (χ3v) is 3.98. The highest BCUT2D eigenvalue weighted by molar-refractivity contribution is 5.74. The molecule has 1 unspecified atom stereocenters. The molecule has 0 amide bonds. The topological polar surface area (TPSA) is 77.1 Å². The summed E-state index contributed by atoms with van der Waals surface area (Å²) < 4.78 is 4.75. The highest BCUT2D eigenvalue weighted by atomic mass is 16.5. The van der Waals surface area contributed by atoms with E-state index in [1.807, 2.05) is 65.0 Å². The second-order valence-corrected chi connectivity index (χ2v) is 5.71. The van der Waals surface area contributed by atoms with Gasteiger partial charge in [-0.05, 0) is 55.3 Å². The highest BCUT2D eigenvalue weighted by Crippen LogP contribution is 2.24. The lowest BCUT2D eigenvalue weighted by atomic mass is 10.0. The summed E-state index contributed by atoms with van der Waals surface area (Å²) in [6.45, 7) is 11.5. The van der Waals surface area contributed by atoms with E-state index in [1.54, 1.807) is 12.1 Å². The Balaban J connectivity index is 0.000000553. The molecule has 1 fully saturated rings. The largest absolute Gasteiger partial charge is 0.469 e. The summed E-state index contributed by atoms with van der Waals surface area (Å²) in [7, 11) is 1.42. The molecule has 5 nitrogen and oxygen atoms in total. The van der Waals surface area contributed by atoms with Gasteiger partial charge in [0.2, 0.25) is 0 Å². The molecule has 1 aromatic rings. The van der Waals surface area contributed by atoms with E-state index in [9.17, 15) is 4.79 Å². The van der Waals surface area contributed by atoms with Gasteiger partial charge in [-0.3, -0.25) is 4.79 Å². The fraction of sp³-hybridized carbons (Fsp3) is 0.435. The van der Waals surface area contributed by atoms with Crippen LogP contribution < -0.4 is 4.90 Å². The summed E-state index contributed by atoms with van der Waals surface area (Å²) >= 11 is 0. The molecule has 0 N–H and O–H groups in total. The Morgan fingerprint density at radius 1 is 1.07 bits per heavy atom. The molecule has 1 aromatic carbocycles. The van der Waals surface area contributed by atoms with E-state index in [1.165, 1.54) is 12.7 Å². The van der Waals surface area contributed by atoms with Crippen molar-refractivity contribution in [2.45, 2.75) is 41.0 Å². The number of ether oxygens (including phenoxy) is 1. The molecule has 0 aromatic heterocycles. The van der Waals surface area contributed by atoms with Crippen LogP contribution in [0.25, 0.3) is 0 Å². The predicted molar refractivity (Wildman–Crippen MR) is 114 cm³/mol. The SMILES string of the molecule is CC.CC.CC1=CC(C#N)=C1.COC(=O)C1CCN(c2ccc(C#N)cc2)C1. The molecule has 1 atom stereocenters. The van der Waals surface area contributed by atoms with E-state index in [0.717, 1.165) is 24.2 Å². The fourth-order valence-corrected chi connectivity index (χ4v) is 2.64. The maximum Gasteiger partial charge on any atom is 0.310 e. The number of nitriles is 2. The van der Waals surface area contributed by atoms with Gasteiger partial charge in [0.25, 0.3) is 0 Å². The molecule has 3 rings (SSSR count).